The molecule has 4 nitrogen and oxygen atoms in total. The molecule has 0 bridgehead atoms. The van der Waals surface area contributed by atoms with Crippen LogP contribution in [0.1, 0.15) is 0 Å². The Hall–Kier alpha value is -1.92. The van der Waals surface area contributed by atoms with Gasteiger partial charge in [0.05, 0.1) is 0 Å². The van der Waals surface area contributed by atoms with Crippen molar-refractivity contribution in [2.75, 3.05) is 0 Å². The van der Waals surface area contributed by atoms with Gasteiger partial charge in [0.1, 0.15) is 5.75 Å². The van der Waals surface area contributed by atoms with E-state index in [4.69, 9.17) is 5.11 Å². The average molecular weight is 221 g/mol. The topological polar surface area (TPSA) is 69.6 Å². The lowest BCUT2D eigenvalue weighted by Gasteiger charge is -2.18. The molecule has 1 rings (SSSR count). The van der Waals surface area contributed by atoms with Crippen molar-refractivity contribution in [3.05, 3.63) is 24.0 Å². The molecule has 82 valence electrons. The van der Waals surface area contributed by atoms with Gasteiger partial charge in [-0.1, -0.05) is 0 Å². The number of carboxylic acids is 1. The third kappa shape index (κ3) is 2.52. The molecule has 0 spiro atoms. The highest BCUT2D eigenvalue weighted by Gasteiger charge is 2.34. The number of aliphatic carboxylic acids is 1. The predicted octanol–water partition coefficient (Wildman–Crippen LogP) is 0.253. The van der Waals surface area contributed by atoms with Crippen LogP contribution >= 0.6 is 0 Å². The van der Waals surface area contributed by atoms with E-state index in [1.54, 1.807) is 0 Å². The van der Waals surface area contributed by atoms with Crippen LogP contribution < -0.4 is 9.84 Å². The highest BCUT2D eigenvalue weighted by Crippen LogP contribution is 2.26. The van der Waals surface area contributed by atoms with Crippen LogP contribution in [0.5, 0.6) is 11.5 Å². The van der Waals surface area contributed by atoms with Crippen molar-refractivity contribution in [3.8, 4) is 11.5 Å². The van der Waals surface area contributed by atoms with Gasteiger partial charge in [0.25, 0.3) is 0 Å². The van der Waals surface area contributed by atoms with Crippen LogP contribution in [0.25, 0.3) is 0 Å². The zero-order valence-electron chi connectivity index (χ0n) is 7.04. The maximum Gasteiger partial charge on any atom is 0.441 e. The minimum Gasteiger partial charge on any atom is -0.541 e. The summed E-state index contributed by atoms with van der Waals surface area (Å²) in [4.78, 5) is 9.85. The number of aromatic hydroxyl groups is 1. The van der Waals surface area contributed by atoms with E-state index in [-0.39, 0.29) is 0 Å². The Balaban J connectivity index is 2.91. The lowest BCUT2D eigenvalue weighted by atomic mass is 10.3. The smallest absolute Gasteiger partial charge is 0.441 e. The van der Waals surface area contributed by atoms with E-state index in [0.29, 0.717) is 12.1 Å². The molecule has 0 saturated heterocycles. The summed E-state index contributed by atoms with van der Waals surface area (Å²) in [6, 6.07) is 1.91. The van der Waals surface area contributed by atoms with E-state index in [9.17, 15) is 23.1 Å². The van der Waals surface area contributed by atoms with E-state index in [2.05, 4.69) is 4.74 Å². The summed E-state index contributed by atoms with van der Waals surface area (Å²) >= 11 is 0. The molecule has 0 aliphatic carbocycles. The van der Waals surface area contributed by atoms with Crippen LogP contribution in [-0.4, -0.2) is 17.2 Å². The lowest BCUT2D eigenvalue weighted by molar-refractivity contribution is -0.350. The van der Waals surface area contributed by atoms with Gasteiger partial charge in [-0.2, -0.15) is 8.78 Å². The number of rotatable bonds is 3. The first kappa shape index (κ1) is 11.2. The molecule has 0 saturated carbocycles. The fourth-order valence-electron chi connectivity index (χ4n) is 0.746. The first-order valence-electron chi connectivity index (χ1n) is 3.60. The number of carbonyl (C=O) groups is 1. The number of alkyl halides is 2. The van der Waals surface area contributed by atoms with Crippen molar-refractivity contribution in [1.82, 2.24) is 0 Å². The third-order valence-corrected chi connectivity index (χ3v) is 1.40. The monoisotopic (exact) mass is 221 g/mol. The van der Waals surface area contributed by atoms with Crippen LogP contribution in [0.4, 0.5) is 13.2 Å². The van der Waals surface area contributed by atoms with Crippen molar-refractivity contribution in [2.24, 2.45) is 0 Å². The van der Waals surface area contributed by atoms with E-state index in [1.165, 1.54) is 0 Å². The number of hydrogen-bond acceptors (Lipinski definition) is 4. The first-order valence-corrected chi connectivity index (χ1v) is 3.60. The number of carboxylic acid groups (broad SMARTS) is 1. The molecule has 15 heavy (non-hydrogen) atoms. The Labute approximate surface area is 81.5 Å². The van der Waals surface area contributed by atoms with Gasteiger partial charge < -0.3 is 19.7 Å². The number of carbonyl (C=O) groups excluding carboxylic acids is 1. The van der Waals surface area contributed by atoms with Crippen LogP contribution in [0.3, 0.4) is 0 Å². The third-order valence-electron chi connectivity index (χ3n) is 1.40. The molecule has 0 amide bonds. The number of phenols is 1. The number of phenolic OH excluding ortho intramolecular Hbond substituents is 1. The molecule has 0 heterocycles. The standard InChI is InChI=1S/C8H5F3O4/c9-5-2-1-4(3-6(5)12)15-8(10,11)7(13)14/h1-3,12H,(H,13,14)/p-1. The molecule has 0 aliphatic rings. The Bertz CT molecular complexity index is 391. The molecule has 0 radical (unpaired) electrons. The van der Waals surface area contributed by atoms with Crippen LogP contribution in [0.15, 0.2) is 18.2 Å². The normalized spacial score (nSPS) is 11.1. The van der Waals surface area contributed by atoms with E-state index in [0.717, 1.165) is 6.07 Å². The van der Waals surface area contributed by atoms with Crippen LogP contribution in [0.2, 0.25) is 0 Å². The van der Waals surface area contributed by atoms with Gasteiger partial charge >= 0.3 is 6.11 Å². The van der Waals surface area contributed by atoms with Gasteiger partial charge in [0.15, 0.2) is 17.5 Å². The summed E-state index contributed by atoms with van der Waals surface area (Å²) in [5, 5.41) is 18.6. The van der Waals surface area contributed by atoms with Crippen molar-refractivity contribution < 1.29 is 32.9 Å². The fraction of sp³-hybridized carbons (Fsp3) is 0.125. The van der Waals surface area contributed by atoms with Crippen molar-refractivity contribution in [3.63, 3.8) is 0 Å². The Morgan fingerprint density at radius 1 is 1.47 bits per heavy atom. The second-order valence-electron chi connectivity index (χ2n) is 2.52. The van der Waals surface area contributed by atoms with E-state index < -0.39 is 29.4 Å². The first-order chi connectivity index (χ1) is 6.83. The van der Waals surface area contributed by atoms with Gasteiger partial charge in [0, 0.05) is 6.07 Å². The summed E-state index contributed by atoms with van der Waals surface area (Å²) in [5.41, 5.74) is 0. The number of benzene rings is 1. The zero-order chi connectivity index (χ0) is 11.6. The van der Waals surface area contributed by atoms with Crippen LogP contribution in [-0.2, 0) is 4.79 Å². The second kappa shape index (κ2) is 3.68. The number of hydrogen-bond donors (Lipinski definition) is 1. The fourth-order valence-corrected chi connectivity index (χ4v) is 0.746. The summed E-state index contributed by atoms with van der Waals surface area (Å²) in [6.07, 6.45) is -4.54. The maximum atomic E-state index is 12.5. The van der Waals surface area contributed by atoms with E-state index in [1.807, 2.05) is 0 Å². The van der Waals surface area contributed by atoms with Crippen molar-refractivity contribution >= 4 is 5.97 Å². The molecule has 1 aromatic rings. The van der Waals surface area contributed by atoms with Gasteiger partial charge in [-0.05, 0) is 12.1 Å². The van der Waals surface area contributed by atoms with Gasteiger partial charge in [0.2, 0.25) is 0 Å². The lowest BCUT2D eigenvalue weighted by Crippen LogP contribution is -2.45. The molecule has 1 N–H and O–H groups in total. The Kier molecular flexibility index (Phi) is 2.74. The quantitative estimate of drug-likeness (QED) is 0.794. The highest BCUT2D eigenvalue weighted by atomic mass is 19.3. The SMILES string of the molecule is O=C([O-])C(F)(F)Oc1ccc(F)c(O)c1. The summed E-state index contributed by atoms with van der Waals surface area (Å²) in [6.45, 7) is 0. The minimum absolute atomic E-state index is 0.520. The van der Waals surface area contributed by atoms with E-state index >= 15 is 0 Å². The maximum absolute atomic E-state index is 12.5. The second-order valence-corrected chi connectivity index (χ2v) is 2.52. The Morgan fingerprint density at radius 3 is 2.53 bits per heavy atom. The molecule has 0 atom stereocenters. The van der Waals surface area contributed by atoms with Crippen molar-refractivity contribution in [2.45, 2.75) is 6.11 Å². The highest BCUT2D eigenvalue weighted by molar-refractivity contribution is 5.71. The Morgan fingerprint density at radius 2 is 2.07 bits per heavy atom. The minimum atomic E-state index is -4.54. The largest absolute Gasteiger partial charge is 0.541 e. The number of ether oxygens (including phenoxy) is 1. The number of halogens is 3. The summed E-state index contributed by atoms with van der Waals surface area (Å²) in [7, 11) is 0. The molecule has 0 unspecified atom stereocenters. The average Bonchev–Trinajstić information content (AvgIpc) is 2.10. The van der Waals surface area contributed by atoms with Gasteiger partial charge in [-0.3, -0.25) is 0 Å². The molecular weight excluding hydrogens is 217 g/mol. The van der Waals surface area contributed by atoms with Gasteiger partial charge in [-0.15, -0.1) is 0 Å². The van der Waals surface area contributed by atoms with Crippen LogP contribution in [0, 0.1) is 5.82 Å². The molecule has 1 aromatic carbocycles. The zero-order valence-corrected chi connectivity index (χ0v) is 7.04. The van der Waals surface area contributed by atoms with Gasteiger partial charge in [-0.25, -0.2) is 4.39 Å². The molecule has 7 heteroatoms. The molecule has 0 aliphatic heterocycles. The summed E-state index contributed by atoms with van der Waals surface area (Å²) < 4.78 is 41.0. The molecule has 0 fully saturated rings. The van der Waals surface area contributed by atoms with Crippen molar-refractivity contribution in [1.29, 1.82) is 0 Å². The molecule has 0 aromatic heterocycles. The summed E-state index contributed by atoms with van der Waals surface area (Å²) in [5.74, 6) is -5.39. The molecular formula is C8H4F3O4-. The predicted molar refractivity (Wildman–Crippen MR) is 38.6 cm³/mol.